The Morgan fingerprint density at radius 3 is 2.06 bits per heavy atom. The maximum absolute atomic E-state index is 13.7. The molecule has 2 atom stereocenters. The van der Waals surface area contributed by atoms with Crippen molar-refractivity contribution in [2.75, 3.05) is 0 Å². The summed E-state index contributed by atoms with van der Waals surface area (Å²) in [5.41, 5.74) is 0. The van der Waals surface area contributed by atoms with Gasteiger partial charge >= 0.3 is 0 Å². The van der Waals surface area contributed by atoms with Gasteiger partial charge in [0.05, 0.1) is 0 Å². The molecule has 0 radical (unpaired) electrons. The summed E-state index contributed by atoms with van der Waals surface area (Å²) in [5, 5.41) is 0. The van der Waals surface area contributed by atoms with E-state index >= 15 is 0 Å². The number of hydrogen-bond donors (Lipinski definition) is 0. The van der Waals surface area contributed by atoms with Crippen molar-refractivity contribution in [2.45, 2.75) is 71.1 Å². The summed E-state index contributed by atoms with van der Waals surface area (Å²) >= 11 is 0. The minimum absolute atomic E-state index is 0.153. The molecular formula is C15H26F2. The van der Waals surface area contributed by atoms with Crippen LogP contribution in [-0.4, -0.2) is 5.92 Å². The fraction of sp³-hybridized carbons (Fsp3) is 1.00. The van der Waals surface area contributed by atoms with Crippen molar-refractivity contribution in [3.05, 3.63) is 0 Å². The van der Waals surface area contributed by atoms with E-state index in [-0.39, 0.29) is 6.42 Å². The van der Waals surface area contributed by atoms with E-state index in [0.29, 0.717) is 5.92 Å². The molecule has 2 aliphatic carbocycles. The van der Waals surface area contributed by atoms with Crippen molar-refractivity contribution in [1.29, 1.82) is 0 Å². The van der Waals surface area contributed by atoms with Crippen LogP contribution in [0.5, 0.6) is 0 Å². The Hall–Kier alpha value is -0.140. The molecule has 0 heterocycles. The molecular weight excluding hydrogens is 218 g/mol. The molecule has 0 nitrogen and oxygen atoms in total. The van der Waals surface area contributed by atoms with Crippen molar-refractivity contribution >= 4 is 0 Å². The molecule has 0 spiro atoms. The Labute approximate surface area is 104 Å². The molecule has 2 aliphatic rings. The van der Waals surface area contributed by atoms with Crippen LogP contribution in [0.15, 0.2) is 0 Å². The van der Waals surface area contributed by atoms with E-state index in [1.165, 1.54) is 25.7 Å². The maximum atomic E-state index is 13.7. The highest BCUT2D eigenvalue weighted by Gasteiger charge is 2.42. The fourth-order valence-corrected chi connectivity index (χ4v) is 3.62. The summed E-state index contributed by atoms with van der Waals surface area (Å²) in [6.45, 7) is 4.02. The van der Waals surface area contributed by atoms with Gasteiger partial charge in [-0.05, 0) is 37.0 Å². The highest BCUT2D eigenvalue weighted by Crippen LogP contribution is 2.44. The zero-order chi connectivity index (χ0) is 12.5. The highest BCUT2D eigenvalue weighted by molar-refractivity contribution is 4.85. The second-order valence-corrected chi connectivity index (χ2v) is 6.67. The lowest BCUT2D eigenvalue weighted by atomic mass is 9.72. The van der Waals surface area contributed by atoms with Crippen LogP contribution in [0.4, 0.5) is 8.78 Å². The van der Waals surface area contributed by atoms with Gasteiger partial charge in [0, 0.05) is 12.3 Å². The van der Waals surface area contributed by atoms with Gasteiger partial charge in [-0.3, -0.25) is 0 Å². The molecule has 2 rings (SSSR count). The Morgan fingerprint density at radius 1 is 0.882 bits per heavy atom. The van der Waals surface area contributed by atoms with Crippen molar-refractivity contribution in [3.8, 4) is 0 Å². The first-order chi connectivity index (χ1) is 7.97. The predicted molar refractivity (Wildman–Crippen MR) is 67.2 cm³/mol. The van der Waals surface area contributed by atoms with E-state index in [4.69, 9.17) is 0 Å². The summed E-state index contributed by atoms with van der Waals surface area (Å²) in [6.07, 6.45) is 8.14. The van der Waals surface area contributed by atoms with Gasteiger partial charge in [-0.2, -0.15) is 0 Å². The van der Waals surface area contributed by atoms with Crippen LogP contribution in [0.2, 0.25) is 0 Å². The third-order valence-electron chi connectivity index (χ3n) is 5.09. The SMILES string of the molecule is CC1CCC(CC2CCC(C)C(F)(F)C2)CC1. The minimum Gasteiger partial charge on any atom is -0.207 e. The van der Waals surface area contributed by atoms with Gasteiger partial charge in [0.1, 0.15) is 0 Å². The minimum atomic E-state index is -2.40. The van der Waals surface area contributed by atoms with Gasteiger partial charge < -0.3 is 0 Å². The molecule has 0 saturated heterocycles. The van der Waals surface area contributed by atoms with Gasteiger partial charge in [0.2, 0.25) is 0 Å². The lowest BCUT2D eigenvalue weighted by Gasteiger charge is -2.37. The molecule has 0 bridgehead atoms. The summed E-state index contributed by atoms with van der Waals surface area (Å²) in [4.78, 5) is 0. The number of alkyl halides is 2. The summed E-state index contributed by atoms with van der Waals surface area (Å²) < 4.78 is 27.3. The first kappa shape index (κ1) is 13.3. The molecule has 0 aromatic carbocycles. The second kappa shape index (κ2) is 5.24. The molecule has 0 amide bonds. The Morgan fingerprint density at radius 2 is 1.47 bits per heavy atom. The maximum Gasteiger partial charge on any atom is 0.250 e. The third-order valence-corrected chi connectivity index (χ3v) is 5.09. The van der Waals surface area contributed by atoms with Crippen molar-refractivity contribution in [1.82, 2.24) is 0 Å². The van der Waals surface area contributed by atoms with Crippen LogP contribution in [0, 0.1) is 23.7 Å². The predicted octanol–water partition coefficient (Wildman–Crippen LogP) is 5.27. The van der Waals surface area contributed by atoms with Gasteiger partial charge in [-0.1, -0.05) is 39.5 Å². The van der Waals surface area contributed by atoms with Gasteiger partial charge in [0.25, 0.3) is 5.92 Å². The fourth-order valence-electron chi connectivity index (χ4n) is 3.62. The van der Waals surface area contributed by atoms with Gasteiger partial charge in [0.15, 0.2) is 0 Å². The van der Waals surface area contributed by atoms with Crippen LogP contribution in [-0.2, 0) is 0 Å². The van der Waals surface area contributed by atoms with Crippen LogP contribution in [0.25, 0.3) is 0 Å². The molecule has 0 aliphatic heterocycles. The molecule has 100 valence electrons. The topological polar surface area (TPSA) is 0 Å². The second-order valence-electron chi connectivity index (χ2n) is 6.67. The van der Waals surface area contributed by atoms with Crippen LogP contribution in [0.1, 0.15) is 65.2 Å². The Kier molecular flexibility index (Phi) is 4.10. The molecule has 0 aromatic heterocycles. The van der Waals surface area contributed by atoms with Crippen LogP contribution in [0.3, 0.4) is 0 Å². The first-order valence-electron chi connectivity index (χ1n) is 7.35. The summed E-state index contributed by atoms with van der Waals surface area (Å²) in [7, 11) is 0. The zero-order valence-electron chi connectivity index (χ0n) is 11.2. The largest absolute Gasteiger partial charge is 0.250 e. The Balaban J connectivity index is 1.80. The average Bonchev–Trinajstić information content (AvgIpc) is 2.26. The highest BCUT2D eigenvalue weighted by atomic mass is 19.3. The molecule has 2 saturated carbocycles. The first-order valence-corrected chi connectivity index (χ1v) is 7.35. The molecule has 17 heavy (non-hydrogen) atoms. The molecule has 2 unspecified atom stereocenters. The lowest BCUT2D eigenvalue weighted by molar-refractivity contribution is -0.0984. The molecule has 0 aromatic rings. The van der Waals surface area contributed by atoms with Crippen LogP contribution >= 0.6 is 0 Å². The summed E-state index contributed by atoms with van der Waals surface area (Å²) in [6, 6.07) is 0. The normalized spacial score (nSPS) is 42.4. The zero-order valence-corrected chi connectivity index (χ0v) is 11.2. The standard InChI is InChI=1S/C15H26F2/c1-11-3-6-13(7-4-11)9-14-8-5-12(2)15(16,17)10-14/h11-14H,3-10H2,1-2H3. The van der Waals surface area contributed by atoms with Crippen molar-refractivity contribution < 1.29 is 8.78 Å². The van der Waals surface area contributed by atoms with Crippen LogP contribution < -0.4 is 0 Å². The third kappa shape index (κ3) is 3.42. The van der Waals surface area contributed by atoms with E-state index in [2.05, 4.69) is 6.92 Å². The van der Waals surface area contributed by atoms with E-state index in [9.17, 15) is 8.78 Å². The van der Waals surface area contributed by atoms with E-state index in [0.717, 1.165) is 31.1 Å². The molecule has 2 fully saturated rings. The van der Waals surface area contributed by atoms with Crippen molar-refractivity contribution in [3.63, 3.8) is 0 Å². The molecule has 0 N–H and O–H groups in total. The Bertz CT molecular complexity index is 241. The monoisotopic (exact) mass is 244 g/mol. The smallest absolute Gasteiger partial charge is 0.207 e. The molecule has 2 heteroatoms. The van der Waals surface area contributed by atoms with E-state index < -0.39 is 11.8 Å². The van der Waals surface area contributed by atoms with Gasteiger partial charge in [-0.25, -0.2) is 8.78 Å². The number of rotatable bonds is 2. The lowest BCUT2D eigenvalue weighted by Crippen LogP contribution is -2.35. The number of hydrogen-bond acceptors (Lipinski definition) is 0. The van der Waals surface area contributed by atoms with E-state index in [1.807, 2.05) is 0 Å². The number of halogens is 2. The van der Waals surface area contributed by atoms with Gasteiger partial charge in [-0.15, -0.1) is 0 Å². The van der Waals surface area contributed by atoms with E-state index in [1.54, 1.807) is 6.92 Å². The van der Waals surface area contributed by atoms with Crippen molar-refractivity contribution in [2.24, 2.45) is 23.7 Å². The quantitative estimate of drug-likeness (QED) is 0.620. The summed E-state index contributed by atoms with van der Waals surface area (Å²) in [5.74, 6) is -0.908. The average molecular weight is 244 g/mol.